The van der Waals surface area contributed by atoms with E-state index < -0.39 is 0 Å². The van der Waals surface area contributed by atoms with Crippen LogP contribution < -0.4 is 5.56 Å². The molecule has 0 aliphatic heterocycles. The van der Waals surface area contributed by atoms with Crippen LogP contribution in [0.3, 0.4) is 0 Å². The number of aromatic hydroxyl groups is 1. The van der Waals surface area contributed by atoms with Crippen LogP contribution in [-0.2, 0) is 6.42 Å². The van der Waals surface area contributed by atoms with E-state index in [1.165, 1.54) is 4.57 Å². The van der Waals surface area contributed by atoms with Gasteiger partial charge in [0.25, 0.3) is 5.56 Å². The van der Waals surface area contributed by atoms with E-state index in [-0.39, 0.29) is 28.9 Å². The summed E-state index contributed by atoms with van der Waals surface area (Å²) < 4.78 is 1.48. The Bertz CT molecular complexity index is 969. The predicted molar refractivity (Wildman–Crippen MR) is 92.4 cm³/mol. The van der Waals surface area contributed by atoms with Crippen LogP contribution in [0.1, 0.15) is 22.4 Å². The second-order valence-electron chi connectivity index (χ2n) is 5.54. The van der Waals surface area contributed by atoms with Gasteiger partial charge >= 0.3 is 0 Å². The molecule has 118 valence electrons. The molecule has 4 heteroatoms. The van der Waals surface area contributed by atoms with E-state index >= 15 is 0 Å². The molecule has 3 rings (SSSR count). The van der Waals surface area contributed by atoms with Crippen molar-refractivity contribution in [1.29, 1.82) is 5.26 Å². The fourth-order valence-corrected chi connectivity index (χ4v) is 2.80. The smallest absolute Gasteiger partial charge is 0.262 e. The molecule has 0 radical (unpaired) electrons. The SMILES string of the molecule is Cc1c(C#N)c(O)c(Cc2ccccc2)c(=O)n1-c1ccccc1. The zero-order valence-corrected chi connectivity index (χ0v) is 13.2. The largest absolute Gasteiger partial charge is 0.506 e. The van der Waals surface area contributed by atoms with Crippen molar-refractivity contribution in [3.8, 4) is 17.5 Å². The minimum atomic E-state index is -0.306. The zero-order chi connectivity index (χ0) is 17.1. The normalized spacial score (nSPS) is 10.3. The molecular formula is C20H16N2O2. The first-order valence-electron chi connectivity index (χ1n) is 7.60. The van der Waals surface area contributed by atoms with Gasteiger partial charge in [-0.15, -0.1) is 0 Å². The van der Waals surface area contributed by atoms with E-state index in [2.05, 4.69) is 0 Å². The lowest BCUT2D eigenvalue weighted by molar-refractivity contribution is 0.463. The molecule has 3 aromatic rings. The number of para-hydroxylation sites is 1. The quantitative estimate of drug-likeness (QED) is 0.806. The topological polar surface area (TPSA) is 66.0 Å². The van der Waals surface area contributed by atoms with Gasteiger partial charge in [-0.2, -0.15) is 5.26 Å². The molecule has 0 unspecified atom stereocenters. The van der Waals surface area contributed by atoms with Crippen LogP contribution in [0.2, 0.25) is 0 Å². The van der Waals surface area contributed by atoms with E-state index in [1.807, 2.05) is 54.6 Å². The van der Waals surface area contributed by atoms with Crippen molar-refractivity contribution in [1.82, 2.24) is 4.57 Å². The maximum Gasteiger partial charge on any atom is 0.262 e. The summed E-state index contributed by atoms with van der Waals surface area (Å²) in [5.41, 5.74) is 2.06. The van der Waals surface area contributed by atoms with Crippen LogP contribution in [0.5, 0.6) is 5.75 Å². The molecular weight excluding hydrogens is 300 g/mol. The number of pyridine rings is 1. The summed E-state index contributed by atoms with van der Waals surface area (Å²) >= 11 is 0. The maximum atomic E-state index is 13.0. The Morgan fingerprint density at radius 1 is 1.04 bits per heavy atom. The monoisotopic (exact) mass is 316 g/mol. The number of rotatable bonds is 3. The zero-order valence-electron chi connectivity index (χ0n) is 13.2. The van der Waals surface area contributed by atoms with Gasteiger partial charge in [-0.1, -0.05) is 48.5 Å². The molecule has 1 aromatic heterocycles. The lowest BCUT2D eigenvalue weighted by atomic mass is 10.0. The summed E-state index contributed by atoms with van der Waals surface area (Å²) in [4.78, 5) is 13.0. The van der Waals surface area contributed by atoms with Gasteiger partial charge in [0.1, 0.15) is 17.4 Å². The number of aromatic nitrogens is 1. The summed E-state index contributed by atoms with van der Waals surface area (Å²) in [6, 6.07) is 20.6. The second-order valence-corrected chi connectivity index (χ2v) is 5.54. The molecule has 0 amide bonds. The highest BCUT2D eigenvalue weighted by Gasteiger charge is 2.20. The lowest BCUT2D eigenvalue weighted by Gasteiger charge is -2.16. The molecule has 0 spiro atoms. The molecule has 4 nitrogen and oxygen atoms in total. The standard InChI is InChI=1S/C20H16N2O2/c1-14-18(13-21)19(23)17(12-15-8-4-2-5-9-15)20(24)22(14)16-10-6-3-7-11-16/h2-11,23H,12H2,1H3. The first kappa shape index (κ1) is 15.6. The summed E-state index contributed by atoms with van der Waals surface area (Å²) in [5, 5.41) is 19.9. The third-order valence-electron chi connectivity index (χ3n) is 4.03. The third-order valence-corrected chi connectivity index (χ3v) is 4.03. The van der Waals surface area contributed by atoms with Crippen molar-refractivity contribution >= 4 is 0 Å². The average molecular weight is 316 g/mol. The maximum absolute atomic E-state index is 13.0. The Balaban J connectivity index is 2.27. The number of nitrogens with zero attached hydrogens (tertiary/aromatic N) is 2. The summed E-state index contributed by atoms with van der Waals surface area (Å²) in [6.07, 6.45) is 0.271. The van der Waals surface area contributed by atoms with Gasteiger partial charge in [0.15, 0.2) is 0 Å². The summed E-state index contributed by atoms with van der Waals surface area (Å²) in [5.74, 6) is -0.226. The second kappa shape index (κ2) is 6.43. The van der Waals surface area contributed by atoms with Crippen molar-refractivity contribution in [2.24, 2.45) is 0 Å². The Kier molecular flexibility index (Phi) is 4.17. The van der Waals surface area contributed by atoms with Gasteiger partial charge in [0, 0.05) is 17.8 Å². The van der Waals surface area contributed by atoms with Crippen LogP contribution in [-0.4, -0.2) is 9.67 Å². The molecule has 0 aliphatic carbocycles. The molecule has 0 bridgehead atoms. The van der Waals surface area contributed by atoms with Gasteiger partial charge in [-0.05, 0) is 24.6 Å². The molecule has 1 heterocycles. The third kappa shape index (κ3) is 2.68. The summed E-state index contributed by atoms with van der Waals surface area (Å²) in [7, 11) is 0. The van der Waals surface area contributed by atoms with E-state index in [9.17, 15) is 15.2 Å². The highest BCUT2D eigenvalue weighted by Crippen LogP contribution is 2.26. The Morgan fingerprint density at radius 3 is 2.21 bits per heavy atom. The van der Waals surface area contributed by atoms with Crippen molar-refractivity contribution in [2.45, 2.75) is 13.3 Å². The van der Waals surface area contributed by atoms with Crippen molar-refractivity contribution in [3.63, 3.8) is 0 Å². The highest BCUT2D eigenvalue weighted by molar-refractivity contribution is 5.53. The first-order chi connectivity index (χ1) is 11.6. The minimum absolute atomic E-state index is 0.129. The molecule has 2 aromatic carbocycles. The van der Waals surface area contributed by atoms with Gasteiger partial charge in [-0.25, -0.2) is 0 Å². The Hall–Kier alpha value is -3.32. The predicted octanol–water partition coefficient (Wildman–Crippen LogP) is 3.31. The van der Waals surface area contributed by atoms with E-state index in [4.69, 9.17) is 0 Å². The first-order valence-corrected chi connectivity index (χ1v) is 7.60. The Morgan fingerprint density at radius 2 is 1.62 bits per heavy atom. The molecule has 24 heavy (non-hydrogen) atoms. The lowest BCUT2D eigenvalue weighted by Crippen LogP contribution is -2.26. The fraction of sp³-hybridized carbons (Fsp3) is 0.100. The van der Waals surface area contributed by atoms with E-state index in [0.29, 0.717) is 11.4 Å². The van der Waals surface area contributed by atoms with Crippen LogP contribution in [0, 0.1) is 18.3 Å². The minimum Gasteiger partial charge on any atom is -0.506 e. The van der Waals surface area contributed by atoms with Gasteiger partial charge in [0.2, 0.25) is 0 Å². The molecule has 0 fully saturated rings. The van der Waals surface area contributed by atoms with Crippen LogP contribution in [0.15, 0.2) is 65.5 Å². The number of hydrogen-bond acceptors (Lipinski definition) is 3. The Labute approximate surface area is 139 Å². The van der Waals surface area contributed by atoms with Crippen molar-refractivity contribution < 1.29 is 5.11 Å². The number of benzene rings is 2. The van der Waals surface area contributed by atoms with E-state index in [1.54, 1.807) is 19.1 Å². The van der Waals surface area contributed by atoms with Crippen LogP contribution in [0.25, 0.3) is 5.69 Å². The van der Waals surface area contributed by atoms with Crippen LogP contribution in [0.4, 0.5) is 0 Å². The van der Waals surface area contributed by atoms with E-state index in [0.717, 1.165) is 5.56 Å². The molecule has 0 saturated heterocycles. The van der Waals surface area contributed by atoms with Gasteiger partial charge < -0.3 is 5.11 Å². The number of hydrogen-bond donors (Lipinski definition) is 1. The van der Waals surface area contributed by atoms with Gasteiger partial charge in [0.05, 0.1) is 5.56 Å². The summed E-state index contributed by atoms with van der Waals surface area (Å²) in [6.45, 7) is 1.67. The number of nitriles is 1. The van der Waals surface area contributed by atoms with Crippen molar-refractivity contribution in [2.75, 3.05) is 0 Å². The fourth-order valence-electron chi connectivity index (χ4n) is 2.80. The van der Waals surface area contributed by atoms with Crippen molar-refractivity contribution in [3.05, 3.63) is 93.4 Å². The molecule has 0 saturated carbocycles. The average Bonchev–Trinajstić information content (AvgIpc) is 2.61. The highest BCUT2D eigenvalue weighted by atomic mass is 16.3. The molecule has 0 atom stereocenters. The molecule has 1 N–H and O–H groups in total. The molecule has 0 aliphatic rings. The van der Waals surface area contributed by atoms with Gasteiger partial charge in [-0.3, -0.25) is 9.36 Å². The van der Waals surface area contributed by atoms with Crippen LogP contribution >= 0.6 is 0 Å².